The van der Waals surface area contributed by atoms with Crippen LogP contribution in [0.2, 0.25) is 0 Å². The first kappa shape index (κ1) is 20.3. The molecule has 0 atom stereocenters. The Morgan fingerprint density at radius 3 is 2.21 bits per heavy atom. The summed E-state index contributed by atoms with van der Waals surface area (Å²) in [6, 6.07) is 19.4. The largest absolute Gasteiger partial charge is 0.452 e. The maximum absolute atomic E-state index is 12.8. The van der Waals surface area contributed by atoms with Gasteiger partial charge in [0.05, 0.1) is 6.54 Å². The highest BCUT2D eigenvalue weighted by molar-refractivity contribution is 5.97. The van der Waals surface area contributed by atoms with Crippen molar-refractivity contribution in [2.45, 2.75) is 20.4 Å². The van der Waals surface area contributed by atoms with E-state index in [0.717, 1.165) is 11.1 Å². The van der Waals surface area contributed by atoms with Crippen molar-refractivity contribution in [3.05, 3.63) is 78.0 Å². The van der Waals surface area contributed by atoms with Crippen LogP contribution in [0.15, 0.2) is 66.9 Å². The molecule has 0 radical (unpaired) electrons. The molecule has 0 aliphatic rings. The summed E-state index contributed by atoms with van der Waals surface area (Å²) in [6.45, 7) is 5.20. The Bertz CT molecular complexity index is 948. The Morgan fingerprint density at radius 2 is 1.59 bits per heavy atom. The second-order valence-corrected chi connectivity index (χ2v) is 6.58. The summed E-state index contributed by atoms with van der Waals surface area (Å²) in [5.41, 5.74) is 2.79. The van der Waals surface area contributed by atoms with Gasteiger partial charge < -0.3 is 9.64 Å². The van der Waals surface area contributed by atoms with E-state index >= 15 is 0 Å². The van der Waals surface area contributed by atoms with E-state index < -0.39 is 5.97 Å². The molecule has 0 aliphatic heterocycles. The molecule has 150 valence electrons. The van der Waals surface area contributed by atoms with Gasteiger partial charge in [0.25, 0.3) is 5.91 Å². The van der Waals surface area contributed by atoms with Crippen LogP contribution >= 0.6 is 0 Å². The third-order valence-electron chi connectivity index (χ3n) is 4.66. The van der Waals surface area contributed by atoms with Crippen molar-refractivity contribution in [1.82, 2.24) is 14.7 Å². The molecule has 1 aromatic heterocycles. The van der Waals surface area contributed by atoms with Gasteiger partial charge in [-0.2, -0.15) is 5.10 Å². The van der Waals surface area contributed by atoms with E-state index in [-0.39, 0.29) is 12.5 Å². The molecule has 0 N–H and O–H groups in total. The van der Waals surface area contributed by atoms with E-state index in [1.54, 1.807) is 15.8 Å². The number of amides is 1. The first-order valence-corrected chi connectivity index (χ1v) is 9.74. The van der Waals surface area contributed by atoms with Crippen LogP contribution < -0.4 is 0 Å². The van der Waals surface area contributed by atoms with Crippen molar-refractivity contribution in [2.75, 3.05) is 19.7 Å². The van der Waals surface area contributed by atoms with Crippen LogP contribution in [-0.2, 0) is 16.1 Å². The summed E-state index contributed by atoms with van der Waals surface area (Å²) in [6.07, 6.45) is 1.68. The third kappa shape index (κ3) is 5.10. The minimum atomic E-state index is -0.552. The number of ether oxygens (including phenoxy) is 1. The second kappa shape index (κ2) is 9.68. The molecule has 1 amide bonds. The monoisotopic (exact) mass is 391 g/mol. The average molecular weight is 391 g/mol. The highest BCUT2D eigenvalue weighted by Crippen LogP contribution is 2.23. The summed E-state index contributed by atoms with van der Waals surface area (Å²) in [7, 11) is 0. The van der Waals surface area contributed by atoms with E-state index in [2.05, 4.69) is 5.10 Å². The summed E-state index contributed by atoms with van der Waals surface area (Å²) < 4.78 is 7.04. The normalized spacial score (nSPS) is 10.6. The third-order valence-corrected chi connectivity index (χ3v) is 4.66. The van der Waals surface area contributed by atoms with Crippen molar-refractivity contribution >= 4 is 11.9 Å². The Labute approximate surface area is 170 Å². The molecule has 6 heteroatoms. The zero-order chi connectivity index (χ0) is 20.6. The number of hydrogen-bond donors (Lipinski definition) is 0. The van der Waals surface area contributed by atoms with Crippen LogP contribution in [0.4, 0.5) is 0 Å². The number of carbonyl (C=O) groups is 2. The van der Waals surface area contributed by atoms with Gasteiger partial charge in [-0.15, -0.1) is 0 Å². The van der Waals surface area contributed by atoms with E-state index in [4.69, 9.17) is 4.74 Å². The quantitative estimate of drug-likeness (QED) is 0.550. The lowest BCUT2D eigenvalue weighted by Gasteiger charge is -2.18. The maximum Gasteiger partial charge on any atom is 0.342 e. The van der Waals surface area contributed by atoms with Gasteiger partial charge in [-0.1, -0.05) is 60.7 Å². The molecule has 29 heavy (non-hydrogen) atoms. The molecule has 2 aromatic carbocycles. The van der Waals surface area contributed by atoms with Crippen LogP contribution in [0.25, 0.3) is 11.3 Å². The fourth-order valence-corrected chi connectivity index (χ4v) is 3.10. The fourth-order valence-electron chi connectivity index (χ4n) is 3.10. The van der Waals surface area contributed by atoms with Gasteiger partial charge in [0.2, 0.25) is 0 Å². The lowest BCUT2D eigenvalue weighted by molar-refractivity contribution is -0.134. The van der Waals surface area contributed by atoms with Crippen LogP contribution in [0.5, 0.6) is 0 Å². The highest BCUT2D eigenvalue weighted by Gasteiger charge is 2.21. The zero-order valence-corrected chi connectivity index (χ0v) is 16.7. The molecule has 0 unspecified atom stereocenters. The maximum atomic E-state index is 12.8. The molecule has 3 aromatic rings. The predicted molar refractivity (Wildman–Crippen MR) is 111 cm³/mol. The van der Waals surface area contributed by atoms with Crippen LogP contribution in [0, 0.1) is 0 Å². The van der Waals surface area contributed by atoms with Gasteiger partial charge in [0.1, 0.15) is 11.3 Å². The molecule has 1 heterocycles. The van der Waals surface area contributed by atoms with Crippen molar-refractivity contribution in [1.29, 1.82) is 0 Å². The van der Waals surface area contributed by atoms with Crippen LogP contribution in [0.3, 0.4) is 0 Å². The average Bonchev–Trinajstić information content (AvgIpc) is 3.18. The molecular formula is C23H25N3O3. The standard InChI is InChI=1S/C23H25N3O3/c1-3-25(4-2)21(27)17-29-23(28)20-16-26(15-18-11-7-5-8-12-18)24-22(20)19-13-9-6-10-14-19/h5-14,16H,3-4,15,17H2,1-2H3. The number of likely N-dealkylation sites (N-methyl/N-ethyl adjacent to an activating group) is 1. The van der Waals surface area contributed by atoms with Crippen LogP contribution in [-0.4, -0.2) is 46.3 Å². The Kier molecular flexibility index (Phi) is 6.79. The van der Waals surface area contributed by atoms with E-state index in [0.29, 0.717) is 30.9 Å². The number of hydrogen-bond acceptors (Lipinski definition) is 4. The molecule has 0 fully saturated rings. The van der Waals surface area contributed by atoms with Gasteiger partial charge >= 0.3 is 5.97 Å². The Balaban J connectivity index is 1.83. The van der Waals surface area contributed by atoms with Crippen LogP contribution in [0.1, 0.15) is 29.8 Å². The van der Waals surface area contributed by atoms with Gasteiger partial charge in [0.15, 0.2) is 6.61 Å². The summed E-state index contributed by atoms with van der Waals surface area (Å²) in [5, 5.41) is 4.61. The van der Waals surface area contributed by atoms with E-state index in [1.807, 2.05) is 74.5 Å². The van der Waals surface area contributed by atoms with Gasteiger partial charge in [-0.3, -0.25) is 9.48 Å². The first-order valence-electron chi connectivity index (χ1n) is 9.74. The van der Waals surface area contributed by atoms with E-state index in [1.165, 1.54) is 0 Å². The number of esters is 1. The molecule has 0 saturated carbocycles. The Morgan fingerprint density at radius 1 is 0.966 bits per heavy atom. The lowest BCUT2D eigenvalue weighted by Crippen LogP contribution is -2.34. The smallest absolute Gasteiger partial charge is 0.342 e. The first-order chi connectivity index (χ1) is 14.1. The van der Waals surface area contributed by atoms with Crippen molar-refractivity contribution in [2.24, 2.45) is 0 Å². The lowest BCUT2D eigenvalue weighted by atomic mass is 10.1. The molecule has 3 rings (SSSR count). The molecule has 0 spiro atoms. The number of benzene rings is 2. The fraction of sp³-hybridized carbons (Fsp3) is 0.261. The summed E-state index contributed by atoms with van der Waals surface area (Å²) in [5.74, 6) is -0.759. The van der Waals surface area contributed by atoms with E-state index in [9.17, 15) is 9.59 Å². The Hall–Kier alpha value is -3.41. The minimum absolute atomic E-state index is 0.207. The molecular weight excluding hydrogens is 366 g/mol. The van der Waals surface area contributed by atoms with Gasteiger partial charge in [-0.05, 0) is 19.4 Å². The highest BCUT2D eigenvalue weighted by atomic mass is 16.5. The number of rotatable bonds is 8. The van der Waals surface area contributed by atoms with Crippen molar-refractivity contribution < 1.29 is 14.3 Å². The number of carbonyl (C=O) groups excluding carboxylic acids is 2. The molecule has 6 nitrogen and oxygen atoms in total. The molecule has 0 bridgehead atoms. The number of aromatic nitrogens is 2. The SMILES string of the molecule is CCN(CC)C(=O)COC(=O)c1cn(Cc2ccccc2)nc1-c1ccccc1. The molecule has 0 aliphatic carbocycles. The molecule has 0 saturated heterocycles. The summed E-state index contributed by atoms with van der Waals surface area (Å²) in [4.78, 5) is 26.6. The summed E-state index contributed by atoms with van der Waals surface area (Å²) >= 11 is 0. The topological polar surface area (TPSA) is 64.4 Å². The van der Waals surface area contributed by atoms with Crippen molar-refractivity contribution in [3.8, 4) is 11.3 Å². The predicted octanol–water partition coefficient (Wildman–Crippen LogP) is 3.62. The number of nitrogens with zero attached hydrogens (tertiary/aromatic N) is 3. The second-order valence-electron chi connectivity index (χ2n) is 6.58. The van der Waals surface area contributed by atoms with Gasteiger partial charge in [0, 0.05) is 24.8 Å². The van der Waals surface area contributed by atoms with Crippen molar-refractivity contribution in [3.63, 3.8) is 0 Å². The zero-order valence-electron chi connectivity index (χ0n) is 16.7. The van der Waals surface area contributed by atoms with Gasteiger partial charge in [-0.25, -0.2) is 4.79 Å². The minimum Gasteiger partial charge on any atom is -0.452 e.